The van der Waals surface area contributed by atoms with Crippen molar-refractivity contribution in [3.8, 4) is 22.9 Å². The predicted molar refractivity (Wildman–Crippen MR) is 139 cm³/mol. The zero-order valence-corrected chi connectivity index (χ0v) is 20.6. The molecule has 5 rings (SSSR count). The number of fused-ring (bicyclic) bond motifs is 1. The van der Waals surface area contributed by atoms with E-state index in [0.717, 1.165) is 66.5 Å². The van der Waals surface area contributed by atoms with E-state index in [9.17, 15) is 5.26 Å². The Morgan fingerprint density at radius 1 is 1.25 bits per heavy atom. The molecule has 0 atom stereocenters. The number of piperidine rings is 1. The predicted octanol–water partition coefficient (Wildman–Crippen LogP) is 3.19. The number of nitriles is 1. The molecule has 0 unspecified atom stereocenters. The summed E-state index contributed by atoms with van der Waals surface area (Å²) in [6.45, 7) is 3.42. The van der Waals surface area contributed by atoms with E-state index in [1.54, 1.807) is 17.4 Å². The van der Waals surface area contributed by atoms with Gasteiger partial charge >= 0.3 is 0 Å². The van der Waals surface area contributed by atoms with Crippen LogP contribution in [0.25, 0.3) is 27.9 Å². The summed E-state index contributed by atoms with van der Waals surface area (Å²) in [6, 6.07) is 10.3. The van der Waals surface area contributed by atoms with Gasteiger partial charge in [0.05, 0.1) is 24.5 Å². The third-order valence-corrected chi connectivity index (χ3v) is 7.14. The SMILES string of the molecule is CN1CCC(N(N)/C=C(\N)c2cnc3[nH]cc(-c4ccc(OC5CCOCC5)c(C#N)c4)c3c2)CC1. The number of nitrogens with two attached hydrogens (primary N) is 2. The molecule has 4 heterocycles. The standard InChI is InChI=1S/C27H33N7O2/c1-33-8-4-21(5-9-33)34(30)17-25(29)20-13-23-24(16-32-27(23)31-15-20)18-2-3-26(19(12-18)14-28)36-22-6-10-35-11-7-22/h2-3,12-13,15-17,21-22H,4-11,29-30H2,1H3,(H,31,32)/b25-17-. The van der Waals surface area contributed by atoms with Crippen LogP contribution in [0.4, 0.5) is 0 Å². The Hall–Kier alpha value is -3.58. The van der Waals surface area contributed by atoms with E-state index < -0.39 is 0 Å². The molecule has 3 aromatic rings. The molecule has 0 amide bonds. The van der Waals surface area contributed by atoms with Crippen LogP contribution < -0.4 is 16.3 Å². The molecular formula is C27H33N7O2. The average Bonchev–Trinajstić information content (AvgIpc) is 3.33. The van der Waals surface area contributed by atoms with Crippen molar-refractivity contribution in [2.75, 3.05) is 33.4 Å². The Kier molecular flexibility index (Phi) is 7.09. The average molecular weight is 488 g/mol. The number of H-pyrrole nitrogens is 1. The maximum atomic E-state index is 9.79. The Bertz CT molecular complexity index is 1280. The summed E-state index contributed by atoms with van der Waals surface area (Å²) < 4.78 is 11.5. The Balaban J connectivity index is 1.39. The molecule has 9 nitrogen and oxygen atoms in total. The number of ether oxygens (including phenoxy) is 2. The minimum Gasteiger partial charge on any atom is -0.489 e. The van der Waals surface area contributed by atoms with Crippen molar-refractivity contribution in [3.05, 3.63) is 54.0 Å². The maximum Gasteiger partial charge on any atom is 0.137 e. The number of hydrogen-bond acceptors (Lipinski definition) is 8. The molecule has 36 heavy (non-hydrogen) atoms. The first-order chi connectivity index (χ1) is 17.5. The van der Waals surface area contributed by atoms with Crippen LogP contribution in [0.3, 0.4) is 0 Å². The molecule has 1 aromatic carbocycles. The topological polar surface area (TPSA) is 129 Å². The number of nitrogens with zero attached hydrogens (tertiary/aromatic N) is 4. The number of aromatic amines is 1. The van der Waals surface area contributed by atoms with E-state index in [2.05, 4.69) is 28.0 Å². The summed E-state index contributed by atoms with van der Waals surface area (Å²) >= 11 is 0. The van der Waals surface area contributed by atoms with Crippen molar-refractivity contribution >= 4 is 16.7 Å². The van der Waals surface area contributed by atoms with E-state index in [1.807, 2.05) is 30.5 Å². The summed E-state index contributed by atoms with van der Waals surface area (Å²) in [4.78, 5) is 10.1. The third kappa shape index (κ3) is 5.16. The van der Waals surface area contributed by atoms with Crippen LogP contribution in [0.1, 0.15) is 36.8 Å². The molecule has 5 N–H and O–H groups in total. The minimum absolute atomic E-state index is 0.0722. The smallest absolute Gasteiger partial charge is 0.137 e. The van der Waals surface area contributed by atoms with Gasteiger partial charge in [-0.05, 0) is 56.7 Å². The van der Waals surface area contributed by atoms with E-state index in [-0.39, 0.29) is 12.1 Å². The molecule has 0 aliphatic carbocycles. The van der Waals surface area contributed by atoms with Crippen molar-refractivity contribution in [1.82, 2.24) is 19.9 Å². The lowest BCUT2D eigenvalue weighted by molar-refractivity contribution is 0.0254. The molecule has 0 radical (unpaired) electrons. The van der Waals surface area contributed by atoms with Gasteiger partial charge in [-0.15, -0.1) is 0 Å². The summed E-state index contributed by atoms with van der Waals surface area (Å²) in [7, 11) is 2.13. The monoisotopic (exact) mass is 487 g/mol. The van der Waals surface area contributed by atoms with Gasteiger partial charge in [-0.3, -0.25) is 0 Å². The van der Waals surface area contributed by atoms with Gasteiger partial charge in [0.2, 0.25) is 0 Å². The van der Waals surface area contributed by atoms with Gasteiger partial charge in [-0.25, -0.2) is 10.8 Å². The number of hydrazine groups is 1. The highest BCUT2D eigenvalue weighted by molar-refractivity contribution is 5.95. The first-order valence-corrected chi connectivity index (χ1v) is 12.5. The van der Waals surface area contributed by atoms with Crippen molar-refractivity contribution < 1.29 is 9.47 Å². The molecule has 0 bridgehead atoms. The van der Waals surface area contributed by atoms with Gasteiger partial charge in [0.15, 0.2) is 0 Å². The fourth-order valence-electron chi connectivity index (χ4n) is 4.89. The molecule has 188 valence electrons. The van der Waals surface area contributed by atoms with Gasteiger partial charge in [-0.2, -0.15) is 5.26 Å². The third-order valence-electron chi connectivity index (χ3n) is 7.14. The highest BCUT2D eigenvalue weighted by Gasteiger charge is 2.21. The number of pyridine rings is 1. The first kappa shape index (κ1) is 24.1. The van der Waals surface area contributed by atoms with Crippen molar-refractivity contribution in [1.29, 1.82) is 5.26 Å². The summed E-state index contributed by atoms with van der Waals surface area (Å²) in [6.07, 6.45) is 9.21. The largest absolute Gasteiger partial charge is 0.489 e. The second-order valence-corrected chi connectivity index (χ2v) is 9.64. The number of aromatic nitrogens is 2. The van der Waals surface area contributed by atoms with Crippen molar-refractivity contribution in [3.63, 3.8) is 0 Å². The molecule has 2 aliphatic rings. The Labute approximate surface area is 211 Å². The van der Waals surface area contributed by atoms with E-state index in [4.69, 9.17) is 21.1 Å². The highest BCUT2D eigenvalue weighted by Crippen LogP contribution is 2.33. The Morgan fingerprint density at radius 3 is 2.78 bits per heavy atom. The maximum absolute atomic E-state index is 9.79. The van der Waals surface area contributed by atoms with E-state index >= 15 is 0 Å². The zero-order chi connectivity index (χ0) is 25.1. The quantitative estimate of drug-likeness (QED) is 0.357. The second kappa shape index (κ2) is 10.6. The van der Waals surface area contributed by atoms with Crippen LogP contribution in [0.15, 0.2) is 42.9 Å². The molecular weight excluding hydrogens is 454 g/mol. The van der Waals surface area contributed by atoms with Gasteiger partial charge in [0, 0.05) is 54.0 Å². The molecule has 2 aliphatic heterocycles. The summed E-state index contributed by atoms with van der Waals surface area (Å²) in [5.41, 5.74) is 10.9. The van der Waals surface area contributed by atoms with E-state index in [1.165, 1.54) is 0 Å². The molecule has 2 saturated heterocycles. The molecule has 0 saturated carbocycles. The Morgan fingerprint density at radius 2 is 2.03 bits per heavy atom. The lowest BCUT2D eigenvalue weighted by Crippen LogP contribution is -2.44. The number of benzene rings is 1. The lowest BCUT2D eigenvalue weighted by Gasteiger charge is -2.34. The van der Waals surface area contributed by atoms with Gasteiger partial charge in [0.1, 0.15) is 23.6 Å². The minimum atomic E-state index is 0.0722. The summed E-state index contributed by atoms with van der Waals surface area (Å²) in [5, 5.41) is 12.4. The normalized spacial score (nSPS) is 18.3. The fraction of sp³-hybridized carbons (Fsp3) is 0.407. The molecule has 0 spiro atoms. The van der Waals surface area contributed by atoms with Crippen molar-refractivity contribution in [2.24, 2.45) is 11.6 Å². The summed E-state index contributed by atoms with van der Waals surface area (Å²) in [5.74, 6) is 6.95. The van der Waals surface area contributed by atoms with Crippen LogP contribution >= 0.6 is 0 Å². The lowest BCUT2D eigenvalue weighted by atomic mass is 10.0. The molecule has 2 fully saturated rings. The zero-order valence-electron chi connectivity index (χ0n) is 20.6. The van der Waals surface area contributed by atoms with E-state index in [0.29, 0.717) is 30.2 Å². The first-order valence-electron chi connectivity index (χ1n) is 12.5. The molecule has 2 aromatic heterocycles. The molecule has 9 heteroatoms. The second-order valence-electron chi connectivity index (χ2n) is 9.64. The fourth-order valence-corrected chi connectivity index (χ4v) is 4.89. The van der Waals surface area contributed by atoms with Crippen LogP contribution in [0.2, 0.25) is 0 Å². The van der Waals surface area contributed by atoms with Gasteiger partial charge < -0.3 is 30.1 Å². The van der Waals surface area contributed by atoms with Crippen LogP contribution in [0, 0.1) is 11.3 Å². The number of nitrogens with one attached hydrogen (secondary N) is 1. The van der Waals surface area contributed by atoms with Crippen molar-refractivity contribution in [2.45, 2.75) is 37.8 Å². The number of likely N-dealkylation sites (tertiary alicyclic amines) is 1. The van der Waals surface area contributed by atoms with Gasteiger partial charge in [-0.1, -0.05) is 6.07 Å². The number of hydrogen-bond donors (Lipinski definition) is 3. The van der Waals surface area contributed by atoms with Gasteiger partial charge in [0.25, 0.3) is 0 Å². The number of rotatable bonds is 6. The van der Waals surface area contributed by atoms with Crippen LogP contribution in [-0.4, -0.2) is 65.4 Å². The van der Waals surface area contributed by atoms with Crippen LogP contribution in [-0.2, 0) is 4.74 Å². The highest BCUT2D eigenvalue weighted by atomic mass is 16.5. The van der Waals surface area contributed by atoms with Crippen LogP contribution in [0.5, 0.6) is 5.75 Å².